The van der Waals surface area contributed by atoms with Gasteiger partial charge < -0.3 is 15.2 Å². The maximum absolute atomic E-state index is 12.0. The Labute approximate surface area is 121 Å². The summed E-state index contributed by atoms with van der Waals surface area (Å²) in [7, 11) is 1.64. The first-order valence-corrected chi connectivity index (χ1v) is 6.60. The van der Waals surface area contributed by atoms with Crippen LogP contribution in [0.3, 0.4) is 0 Å². The number of aromatic nitrogens is 4. The van der Waals surface area contributed by atoms with Crippen molar-refractivity contribution in [1.82, 2.24) is 25.5 Å². The van der Waals surface area contributed by atoms with Gasteiger partial charge in [-0.15, -0.1) is 5.10 Å². The lowest BCUT2D eigenvalue weighted by atomic mass is 9.67. The van der Waals surface area contributed by atoms with E-state index in [0.29, 0.717) is 5.82 Å². The van der Waals surface area contributed by atoms with Crippen LogP contribution in [0, 0.1) is 5.92 Å². The normalized spacial score (nSPS) is 25.0. The molecule has 116 valence electrons. The first-order valence-electron chi connectivity index (χ1n) is 6.60. The predicted octanol–water partition coefficient (Wildman–Crippen LogP) is 0.425. The highest BCUT2D eigenvalue weighted by atomic mass is 16.6. The highest BCUT2D eigenvalue weighted by Gasteiger charge is 2.53. The molecule has 1 aliphatic rings. The van der Waals surface area contributed by atoms with E-state index in [-0.39, 0.29) is 12.8 Å². The molecule has 0 aromatic carbocycles. The van der Waals surface area contributed by atoms with Gasteiger partial charge in [-0.1, -0.05) is 0 Å². The molecule has 9 nitrogen and oxygen atoms in total. The van der Waals surface area contributed by atoms with Crippen molar-refractivity contribution >= 4 is 12.1 Å². The number of carboxylic acids is 1. The minimum atomic E-state index is -0.899. The van der Waals surface area contributed by atoms with Crippen molar-refractivity contribution in [3.05, 3.63) is 5.82 Å². The van der Waals surface area contributed by atoms with Crippen molar-refractivity contribution < 1.29 is 19.4 Å². The summed E-state index contributed by atoms with van der Waals surface area (Å²) in [5, 5.41) is 22.9. The van der Waals surface area contributed by atoms with Crippen molar-refractivity contribution in [2.45, 2.75) is 44.8 Å². The summed E-state index contributed by atoms with van der Waals surface area (Å²) in [5.74, 6) is -1.01. The minimum absolute atomic E-state index is 0.232. The zero-order valence-electron chi connectivity index (χ0n) is 12.5. The molecular formula is C12H19N5O4. The van der Waals surface area contributed by atoms with E-state index in [4.69, 9.17) is 9.84 Å². The second-order valence-corrected chi connectivity index (χ2v) is 6.28. The monoisotopic (exact) mass is 297 g/mol. The third-order valence-corrected chi connectivity index (χ3v) is 3.33. The molecule has 0 bridgehead atoms. The second-order valence-electron chi connectivity index (χ2n) is 6.28. The number of carbonyl (C=O) groups is 2. The Balaban J connectivity index is 2.18. The third-order valence-electron chi connectivity index (χ3n) is 3.33. The van der Waals surface area contributed by atoms with Crippen molar-refractivity contribution in [1.29, 1.82) is 0 Å². The summed E-state index contributed by atoms with van der Waals surface area (Å²) in [5.41, 5.74) is -1.54. The molecule has 0 aliphatic heterocycles. The number of nitrogens with one attached hydrogen (secondary N) is 1. The molecule has 9 heteroatoms. The molecule has 2 rings (SSSR count). The number of rotatable bonds is 3. The SMILES string of the molecule is Cn1nnnc1C1(NC(=O)OC(C)(C)C)CC(C(=O)O)C1. The highest BCUT2D eigenvalue weighted by Crippen LogP contribution is 2.44. The number of hydrogen-bond acceptors (Lipinski definition) is 6. The van der Waals surface area contributed by atoms with Gasteiger partial charge in [-0.25, -0.2) is 9.48 Å². The van der Waals surface area contributed by atoms with Crippen molar-refractivity contribution in [3.8, 4) is 0 Å². The quantitative estimate of drug-likeness (QED) is 0.829. The molecule has 1 aliphatic carbocycles. The molecule has 2 N–H and O–H groups in total. The molecule has 0 radical (unpaired) electrons. The molecule has 0 unspecified atom stereocenters. The van der Waals surface area contributed by atoms with Crippen molar-refractivity contribution in [2.24, 2.45) is 13.0 Å². The fraction of sp³-hybridized carbons (Fsp3) is 0.750. The van der Waals surface area contributed by atoms with E-state index in [2.05, 4.69) is 20.8 Å². The lowest BCUT2D eigenvalue weighted by Gasteiger charge is -2.44. The minimum Gasteiger partial charge on any atom is -0.481 e. The molecule has 1 amide bonds. The van der Waals surface area contributed by atoms with Crippen LogP contribution in [0.25, 0.3) is 0 Å². The number of carboxylic acid groups (broad SMARTS) is 1. The molecule has 0 saturated heterocycles. The number of hydrogen-bond donors (Lipinski definition) is 2. The van der Waals surface area contributed by atoms with Crippen LogP contribution in [0.2, 0.25) is 0 Å². The van der Waals surface area contributed by atoms with Gasteiger partial charge >= 0.3 is 12.1 Å². The van der Waals surface area contributed by atoms with Crippen LogP contribution in [0.15, 0.2) is 0 Å². The zero-order valence-corrected chi connectivity index (χ0v) is 12.5. The number of nitrogens with zero attached hydrogens (tertiary/aromatic N) is 4. The Bertz CT molecular complexity index is 556. The maximum atomic E-state index is 12.0. The number of ether oxygens (including phenoxy) is 1. The number of aliphatic carboxylic acids is 1. The van der Waals surface area contributed by atoms with Gasteiger partial charge in [0.2, 0.25) is 0 Å². The number of carbonyl (C=O) groups excluding carboxylic acids is 1. The lowest BCUT2D eigenvalue weighted by Crippen LogP contribution is -2.58. The van der Waals surface area contributed by atoms with Crippen LogP contribution < -0.4 is 5.32 Å². The van der Waals surface area contributed by atoms with E-state index in [0.717, 1.165) is 0 Å². The van der Waals surface area contributed by atoms with E-state index in [9.17, 15) is 9.59 Å². The average molecular weight is 297 g/mol. The fourth-order valence-corrected chi connectivity index (χ4v) is 2.43. The standard InChI is InChI=1S/C12H19N5O4/c1-11(2,3)21-10(20)13-12(5-7(6-12)8(18)19)9-14-15-16-17(9)4/h7H,5-6H2,1-4H3,(H,13,20)(H,18,19). The topological polar surface area (TPSA) is 119 Å². The van der Waals surface area contributed by atoms with Gasteiger partial charge in [0.25, 0.3) is 0 Å². The number of aryl methyl sites for hydroxylation is 1. The van der Waals surface area contributed by atoms with E-state index in [1.807, 2.05) is 0 Å². The summed E-state index contributed by atoms with van der Waals surface area (Å²) in [6.07, 6.45) is -0.152. The first kappa shape index (κ1) is 15.2. The second kappa shape index (κ2) is 4.97. The average Bonchev–Trinajstić information content (AvgIpc) is 2.66. The van der Waals surface area contributed by atoms with E-state index in [1.165, 1.54) is 4.68 Å². The summed E-state index contributed by atoms with van der Waals surface area (Å²) in [6.45, 7) is 5.26. The van der Waals surface area contributed by atoms with Crippen LogP contribution in [0.4, 0.5) is 4.79 Å². The van der Waals surface area contributed by atoms with Gasteiger partial charge in [-0.2, -0.15) is 0 Å². The summed E-state index contributed by atoms with van der Waals surface area (Å²) in [4.78, 5) is 23.0. The van der Waals surface area contributed by atoms with E-state index < -0.39 is 29.1 Å². The molecule has 1 aromatic rings. The van der Waals surface area contributed by atoms with Crippen LogP contribution in [-0.2, 0) is 22.1 Å². The van der Waals surface area contributed by atoms with Gasteiger partial charge in [-0.3, -0.25) is 4.79 Å². The van der Waals surface area contributed by atoms with Gasteiger partial charge in [0.05, 0.1) is 5.92 Å². The number of tetrazole rings is 1. The van der Waals surface area contributed by atoms with Crippen LogP contribution in [0.1, 0.15) is 39.4 Å². The van der Waals surface area contributed by atoms with E-state index in [1.54, 1.807) is 27.8 Å². The molecule has 1 aromatic heterocycles. The van der Waals surface area contributed by atoms with E-state index >= 15 is 0 Å². The Kier molecular flexibility index (Phi) is 3.60. The van der Waals surface area contributed by atoms with Crippen LogP contribution >= 0.6 is 0 Å². The summed E-state index contributed by atoms with van der Waals surface area (Å²) < 4.78 is 6.65. The molecule has 0 atom stereocenters. The number of alkyl carbamates (subject to hydrolysis) is 1. The predicted molar refractivity (Wildman–Crippen MR) is 70.2 cm³/mol. The molecule has 21 heavy (non-hydrogen) atoms. The Morgan fingerprint density at radius 1 is 1.43 bits per heavy atom. The third kappa shape index (κ3) is 3.11. The largest absolute Gasteiger partial charge is 0.481 e. The lowest BCUT2D eigenvalue weighted by molar-refractivity contribution is -0.148. The van der Waals surface area contributed by atoms with Gasteiger partial charge in [0, 0.05) is 7.05 Å². The molecule has 0 spiro atoms. The molecule has 1 fully saturated rings. The highest BCUT2D eigenvalue weighted by molar-refractivity contribution is 5.74. The van der Waals surface area contributed by atoms with Crippen molar-refractivity contribution in [3.63, 3.8) is 0 Å². The maximum Gasteiger partial charge on any atom is 0.408 e. The van der Waals surface area contributed by atoms with Gasteiger partial charge in [0.1, 0.15) is 11.1 Å². The summed E-state index contributed by atoms with van der Waals surface area (Å²) in [6, 6.07) is 0. The Morgan fingerprint density at radius 2 is 2.05 bits per heavy atom. The van der Waals surface area contributed by atoms with Crippen molar-refractivity contribution in [2.75, 3.05) is 0 Å². The van der Waals surface area contributed by atoms with Crippen LogP contribution in [0.5, 0.6) is 0 Å². The smallest absolute Gasteiger partial charge is 0.408 e. The Hall–Kier alpha value is -2.19. The fourth-order valence-electron chi connectivity index (χ4n) is 2.43. The Morgan fingerprint density at radius 3 is 2.48 bits per heavy atom. The van der Waals surface area contributed by atoms with Crippen LogP contribution in [-0.4, -0.2) is 43.0 Å². The first-order chi connectivity index (χ1) is 9.63. The summed E-state index contributed by atoms with van der Waals surface area (Å²) >= 11 is 0. The van der Waals surface area contributed by atoms with Gasteiger partial charge in [-0.05, 0) is 44.0 Å². The zero-order chi connectivity index (χ0) is 15.8. The molecular weight excluding hydrogens is 278 g/mol. The molecule has 1 saturated carbocycles. The number of amides is 1. The molecule has 1 heterocycles. The van der Waals surface area contributed by atoms with Gasteiger partial charge in [0.15, 0.2) is 5.82 Å².